The van der Waals surface area contributed by atoms with Crippen molar-refractivity contribution in [3.05, 3.63) is 59.3 Å². The molecule has 0 spiro atoms. The van der Waals surface area contributed by atoms with E-state index >= 15 is 0 Å². The monoisotopic (exact) mass is 399 g/mol. The van der Waals surface area contributed by atoms with Crippen LogP contribution in [0.3, 0.4) is 0 Å². The Labute approximate surface area is 167 Å². The van der Waals surface area contributed by atoms with Crippen LogP contribution in [0.15, 0.2) is 40.8 Å². The van der Waals surface area contributed by atoms with Gasteiger partial charge in [-0.2, -0.15) is 5.10 Å². The highest BCUT2D eigenvalue weighted by Gasteiger charge is 2.23. The summed E-state index contributed by atoms with van der Waals surface area (Å²) in [5, 5.41) is 6.74. The van der Waals surface area contributed by atoms with Crippen LogP contribution in [0.4, 0.5) is 5.69 Å². The van der Waals surface area contributed by atoms with Crippen LogP contribution in [-0.2, 0) is 18.4 Å². The number of methoxy groups -OCH3 is 2. The maximum absolute atomic E-state index is 12.6. The molecule has 0 saturated heterocycles. The van der Waals surface area contributed by atoms with Gasteiger partial charge in [-0.3, -0.25) is 9.48 Å². The molecule has 9 nitrogen and oxygen atoms in total. The highest BCUT2D eigenvalue weighted by atomic mass is 16.5. The Morgan fingerprint density at radius 2 is 1.93 bits per heavy atom. The molecule has 0 atom stereocenters. The molecule has 2 heterocycles. The van der Waals surface area contributed by atoms with Crippen molar-refractivity contribution < 1.29 is 28.2 Å². The van der Waals surface area contributed by atoms with Crippen LogP contribution >= 0.6 is 0 Å². The summed E-state index contributed by atoms with van der Waals surface area (Å²) in [7, 11) is 4.49. The molecule has 0 radical (unpaired) electrons. The standard InChI is InChI=1S/C20H21N3O6/c1-12-17(18(20(25)27-4)22-23(12)2)21-19(24)16-9-8-15(29-16)11-28-14-7-5-6-13(10-14)26-3/h5-10H,11H2,1-4H3,(H,21,24). The molecule has 9 heteroatoms. The number of nitrogens with zero attached hydrogens (tertiary/aromatic N) is 2. The third kappa shape index (κ3) is 4.40. The van der Waals surface area contributed by atoms with E-state index < -0.39 is 11.9 Å². The highest BCUT2D eigenvalue weighted by molar-refractivity contribution is 6.06. The molecule has 0 unspecified atom stereocenters. The molecule has 3 rings (SSSR count). The van der Waals surface area contributed by atoms with Crippen molar-refractivity contribution in [3.63, 3.8) is 0 Å². The van der Waals surface area contributed by atoms with Crippen molar-refractivity contribution in [3.8, 4) is 11.5 Å². The van der Waals surface area contributed by atoms with Crippen LogP contribution < -0.4 is 14.8 Å². The zero-order chi connectivity index (χ0) is 21.0. The van der Waals surface area contributed by atoms with Crippen LogP contribution in [-0.4, -0.2) is 35.9 Å². The van der Waals surface area contributed by atoms with Crippen LogP contribution in [0.1, 0.15) is 32.5 Å². The average molecular weight is 399 g/mol. The minimum atomic E-state index is -0.643. The van der Waals surface area contributed by atoms with Gasteiger partial charge in [0.05, 0.1) is 25.6 Å². The largest absolute Gasteiger partial charge is 0.497 e. The Hall–Kier alpha value is -3.75. The van der Waals surface area contributed by atoms with Gasteiger partial charge >= 0.3 is 5.97 Å². The first-order valence-corrected chi connectivity index (χ1v) is 8.71. The van der Waals surface area contributed by atoms with Crippen molar-refractivity contribution in [1.82, 2.24) is 9.78 Å². The van der Waals surface area contributed by atoms with Gasteiger partial charge in [0.25, 0.3) is 5.91 Å². The lowest BCUT2D eigenvalue weighted by atomic mass is 10.3. The number of carbonyl (C=O) groups is 2. The smallest absolute Gasteiger partial charge is 0.360 e. The number of furan rings is 1. The topological polar surface area (TPSA) is 105 Å². The molecule has 29 heavy (non-hydrogen) atoms. The predicted molar refractivity (Wildman–Crippen MR) is 103 cm³/mol. The maximum atomic E-state index is 12.6. The molecule has 3 aromatic rings. The van der Waals surface area contributed by atoms with Gasteiger partial charge < -0.3 is 23.9 Å². The molecule has 0 aliphatic heterocycles. The lowest BCUT2D eigenvalue weighted by Gasteiger charge is -2.06. The van der Waals surface area contributed by atoms with E-state index in [0.29, 0.717) is 23.0 Å². The summed E-state index contributed by atoms with van der Waals surface area (Å²) < 4.78 is 22.6. The summed E-state index contributed by atoms with van der Waals surface area (Å²) in [6.07, 6.45) is 0. The summed E-state index contributed by atoms with van der Waals surface area (Å²) in [6.45, 7) is 1.87. The first kappa shape index (κ1) is 20.0. The van der Waals surface area contributed by atoms with Gasteiger partial charge in [0.1, 0.15) is 23.9 Å². The minimum Gasteiger partial charge on any atom is -0.497 e. The summed E-state index contributed by atoms with van der Waals surface area (Å²) in [4.78, 5) is 24.4. The van der Waals surface area contributed by atoms with E-state index in [2.05, 4.69) is 10.4 Å². The van der Waals surface area contributed by atoms with Crippen LogP contribution in [0, 0.1) is 6.92 Å². The SMILES string of the molecule is COC(=O)c1nn(C)c(C)c1NC(=O)c1ccc(COc2cccc(OC)c2)o1. The van der Waals surface area contributed by atoms with E-state index in [1.54, 1.807) is 39.3 Å². The molecule has 0 aliphatic rings. The number of anilines is 1. The Kier molecular flexibility index (Phi) is 5.87. The van der Waals surface area contributed by atoms with Gasteiger partial charge in [-0.1, -0.05) is 6.07 Å². The molecule has 0 saturated carbocycles. The van der Waals surface area contributed by atoms with Gasteiger partial charge in [-0.15, -0.1) is 0 Å². The van der Waals surface area contributed by atoms with Crippen LogP contribution in [0.25, 0.3) is 0 Å². The summed E-state index contributed by atoms with van der Waals surface area (Å²) in [6, 6.07) is 10.3. The first-order valence-electron chi connectivity index (χ1n) is 8.71. The fourth-order valence-corrected chi connectivity index (χ4v) is 2.60. The zero-order valence-electron chi connectivity index (χ0n) is 16.5. The number of hydrogen-bond donors (Lipinski definition) is 1. The number of amides is 1. The van der Waals surface area contributed by atoms with Crippen molar-refractivity contribution in [2.45, 2.75) is 13.5 Å². The van der Waals surface area contributed by atoms with E-state index in [0.717, 1.165) is 0 Å². The number of ether oxygens (including phenoxy) is 3. The quantitative estimate of drug-likeness (QED) is 0.609. The Bertz CT molecular complexity index is 1040. The van der Waals surface area contributed by atoms with E-state index in [9.17, 15) is 9.59 Å². The summed E-state index contributed by atoms with van der Waals surface area (Å²) in [5.41, 5.74) is 0.899. The Morgan fingerprint density at radius 1 is 1.17 bits per heavy atom. The summed E-state index contributed by atoms with van der Waals surface area (Å²) in [5.74, 6) is 0.674. The third-order valence-corrected chi connectivity index (χ3v) is 4.26. The molecule has 1 amide bonds. The highest BCUT2D eigenvalue weighted by Crippen LogP contribution is 2.23. The number of esters is 1. The zero-order valence-corrected chi connectivity index (χ0v) is 16.5. The fraction of sp³-hybridized carbons (Fsp3) is 0.250. The van der Waals surface area contributed by atoms with Gasteiger partial charge in [0, 0.05) is 13.1 Å². The first-order chi connectivity index (χ1) is 13.9. The second kappa shape index (κ2) is 8.51. The Balaban J connectivity index is 1.69. The lowest BCUT2D eigenvalue weighted by Crippen LogP contribution is -2.14. The van der Waals surface area contributed by atoms with Crippen molar-refractivity contribution >= 4 is 17.6 Å². The van der Waals surface area contributed by atoms with Crippen LogP contribution in [0.2, 0.25) is 0 Å². The predicted octanol–water partition coefficient (Wildman–Crippen LogP) is 2.95. The maximum Gasteiger partial charge on any atom is 0.360 e. The molecule has 2 aromatic heterocycles. The van der Waals surface area contributed by atoms with E-state index in [1.807, 2.05) is 12.1 Å². The van der Waals surface area contributed by atoms with E-state index in [4.69, 9.17) is 18.6 Å². The molecule has 1 aromatic carbocycles. The number of hydrogen-bond acceptors (Lipinski definition) is 7. The van der Waals surface area contributed by atoms with Crippen LogP contribution in [0.5, 0.6) is 11.5 Å². The second-order valence-electron chi connectivity index (χ2n) is 6.11. The molecule has 0 aliphatic carbocycles. The average Bonchev–Trinajstić information content (AvgIpc) is 3.32. The molecular weight excluding hydrogens is 378 g/mol. The number of aromatic nitrogens is 2. The molecule has 0 fully saturated rings. The molecule has 1 N–H and O–H groups in total. The number of benzene rings is 1. The number of aryl methyl sites for hydroxylation is 1. The van der Waals surface area contributed by atoms with E-state index in [-0.39, 0.29) is 23.7 Å². The molecule has 152 valence electrons. The fourth-order valence-electron chi connectivity index (χ4n) is 2.60. The normalized spacial score (nSPS) is 10.5. The van der Waals surface area contributed by atoms with Gasteiger partial charge in [0.15, 0.2) is 11.5 Å². The van der Waals surface area contributed by atoms with E-state index in [1.165, 1.54) is 17.9 Å². The Morgan fingerprint density at radius 3 is 2.66 bits per heavy atom. The van der Waals surface area contributed by atoms with Gasteiger partial charge in [-0.05, 0) is 31.2 Å². The van der Waals surface area contributed by atoms with Crippen molar-refractivity contribution in [1.29, 1.82) is 0 Å². The van der Waals surface area contributed by atoms with Gasteiger partial charge in [-0.25, -0.2) is 4.79 Å². The molecule has 0 bridgehead atoms. The number of carbonyl (C=O) groups excluding carboxylic acids is 2. The number of nitrogens with one attached hydrogen (secondary N) is 1. The third-order valence-electron chi connectivity index (χ3n) is 4.26. The summed E-state index contributed by atoms with van der Waals surface area (Å²) >= 11 is 0. The van der Waals surface area contributed by atoms with Gasteiger partial charge in [0.2, 0.25) is 0 Å². The van der Waals surface area contributed by atoms with Crippen molar-refractivity contribution in [2.24, 2.45) is 7.05 Å². The number of rotatable bonds is 7. The lowest BCUT2D eigenvalue weighted by molar-refractivity contribution is 0.0594. The van der Waals surface area contributed by atoms with Crippen molar-refractivity contribution in [2.75, 3.05) is 19.5 Å². The second-order valence-corrected chi connectivity index (χ2v) is 6.11. The molecular formula is C20H21N3O6. The minimum absolute atomic E-state index is 0.0222.